The number of aryl methyl sites for hydroxylation is 2. The zero-order valence-electron chi connectivity index (χ0n) is 49.9. The van der Waals surface area contributed by atoms with Crippen molar-refractivity contribution in [2.45, 2.75) is 131 Å². The van der Waals surface area contributed by atoms with Gasteiger partial charge < -0.3 is 9.13 Å². The van der Waals surface area contributed by atoms with Crippen LogP contribution >= 0.6 is 0 Å². The maximum absolute atomic E-state index is 5.63. The monoisotopic (exact) mass is 1070 g/mol. The van der Waals surface area contributed by atoms with Crippen LogP contribution in [0.1, 0.15) is 116 Å². The number of aromatic nitrogens is 7. The first-order chi connectivity index (χ1) is 39.2. The van der Waals surface area contributed by atoms with E-state index in [9.17, 15) is 0 Å². The third-order valence-electron chi connectivity index (χ3n) is 16.7. The second-order valence-corrected chi connectivity index (χ2v) is 26.5. The summed E-state index contributed by atoms with van der Waals surface area (Å²) in [6.07, 6.45) is 5.15. The molecule has 0 saturated heterocycles. The van der Waals surface area contributed by atoms with E-state index in [4.69, 9.17) is 24.9 Å². The van der Waals surface area contributed by atoms with Crippen molar-refractivity contribution in [1.29, 1.82) is 0 Å². The average molecular weight is 1070 g/mol. The molecule has 7 aromatic carbocycles. The molecule has 12 rings (SSSR count). The Hall–Kier alpha value is -8.55. The predicted molar refractivity (Wildman–Crippen MR) is 344 cm³/mol. The van der Waals surface area contributed by atoms with Crippen molar-refractivity contribution in [3.63, 3.8) is 0 Å². The zero-order valence-corrected chi connectivity index (χ0v) is 49.9. The molecule has 0 aliphatic rings. The molecule has 0 amide bonds. The molecule has 0 fully saturated rings. The van der Waals surface area contributed by atoms with Gasteiger partial charge in [-0.05, 0) is 141 Å². The van der Waals surface area contributed by atoms with Crippen LogP contribution in [0, 0.1) is 0 Å². The predicted octanol–water partition coefficient (Wildman–Crippen LogP) is 18.9. The number of fused-ring (bicyclic) bond motifs is 6. The van der Waals surface area contributed by atoms with Gasteiger partial charge in [-0.25, -0.2) is 15.0 Å². The van der Waals surface area contributed by atoms with Gasteiger partial charge in [-0.2, -0.15) is 0 Å². The second kappa shape index (κ2) is 20.8. The van der Waals surface area contributed by atoms with E-state index in [1.807, 2.05) is 30.6 Å². The van der Waals surface area contributed by atoms with Crippen LogP contribution in [-0.4, -0.2) is 34.1 Å². The molecule has 82 heavy (non-hydrogen) atoms. The summed E-state index contributed by atoms with van der Waals surface area (Å²) in [4.78, 5) is 26.5. The lowest BCUT2D eigenvalue weighted by Gasteiger charge is -2.20. The van der Waals surface area contributed by atoms with Gasteiger partial charge in [-0.1, -0.05) is 186 Å². The number of rotatable bonds is 11. The van der Waals surface area contributed by atoms with E-state index in [1.54, 1.807) is 0 Å². The lowest BCUT2D eigenvalue weighted by atomic mass is 9.85. The molecule has 7 heteroatoms. The third kappa shape index (κ3) is 10.3. The summed E-state index contributed by atoms with van der Waals surface area (Å²) in [5.41, 5.74) is 19.2. The Bertz CT molecular complexity index is 3950. The van der Waals surface area contributed by atoms with Crippen LogP contribution in [0.2, 0.25) is 0 Å². The van der Waals surface area contributed by atoms with Gasteiger partial charge in [0.1, 0.15) is 0 Å². The summed E-state index contributed by atoms with van der Waals surface area (Å²) in [5, 5.41) is 5.14. The first-order valence-electron chi connectivity index (χ1n) is 29.2. The minimum Gasteiger partial charge on any atom is -0.340 e. The molecule has 0 bridgehead atoms. The van der Waals surface area contributed by atoms with Gasteiger partial charge >= 0.3 is 0 Å². The van der Waals surface area contributed by atoms with Crippen LogP contribution < -0.4 is 0 Å². The molecule has 410 valence electrons. The number of nitrogens with zero attached hydrogens (tertiary/aromatic N) is 7. The highest BCUT2D eigenvalue weighted by Crippen LogP contribution is 2.41. The van der Waals surface area contributed by atoms with E-state index in [2.05, 4.69) is 250 Å². The standard InChI is InChI=1S/C75H75N7/c1-72(2,3)49-30-34-65-59(44-49)60-45-50(73(4,5)6)31-35-66(60)81(65)42-38-53-55(63-28-16-18-40-76-63)24-20-26-57(53)70-78-69(48-22-14-13-15-23-48)79-71(80-70)58-27-21-25-56(64-29-17-19-41-77-64)54(58)39-43-82-67-36-32-51(74(7,8)9)46-61(67)62-47-52(75(10,11)12)33-37-68(62)82/h13-37,40-41,44-47H,38-39,42-43H2,1-12H3. The first kappa shape index (κ1) is 54.1. The lowest BCUT2D eigenvalue weighted by Crippen LogP contribution is -2.11. The van der Waals surface area contributed by atoms with E-state index >= 15 is 0 Å². The van der Waals surface area contributed by atoms with Crippen molar-refractivity contribution >= 4 is 43.6 Å². The van der Waals surface area contributed by atoms with Crippen molar-refractivity contribution in [3.05, 3.63) is 222 Å². The lowest BCUT2D eigenvalue weighted by molar-refractivity contribution is 0.590. The molecule has 0 unspecified atom stereocenters. The number of hydrogen-bond acceptors (Lipinski definition) is 5. The first-order valence-corrected chi connectivity index (χ1v) is 29.2. The van der Waals surface area contributed by atoms with E-state index in [0.717, 1.165) is 63.4 Å². The third-order valence-corrected chi connectivity index (χ3v) is 16.7. The Morgan fingerprint density at radius 2 is 0.646 bits per heavy atom. The van der Waals surface area contributed by atoms with Crippen LogP contribution in [0.4, 0.5) is 0 Å². The molecule has 0 atom stereocenters. The van der Waals surface area contributed by atoms with Crippen LogP contribution in [0.25, 0.3) is 100 Å². The maximum Gasteiger partial charge on any atom is 0.164 e. The Morgan fingerprint density at radius 3 is 0.976 bits per heavy atom. The number of benzene rings is 7. The minimum absolute atomic E-state index is 0.00313. The van der Waals surface area contributed by atoms with Crippen LogP contribution in [0.15, 0.2) is 188 Å². The molecular weight excluding hydrogens is 999 g/mol. The Morgan fingerprint density at radius 1 is 0.317 bits per heavy atom. The molecule has 5 heterocycles. The van der Waals surface area contributed by atoms with Crippen LogP contribution in [-0.2, 0) is 47.6 Å². The van der Waals surface area contributed by atoms with Crippen molar-refractivity contribution < 1.29 is 0 Å². The van der Waals surface area contributed by atoms with Crippen LogP contribution in [0.3, 0.4) is 0 Å². The largest absolute Gasteiger partial charge is 0.340 e. The van der Waals surface area contributed by atoms with Gasteiger partial charge in [-0.15, -0.1) is 0 Å². The number of pyridine rings is 2. The van der Waals surface area contributed by atoms with Crippen molar-refractivity contribution in [3.8, 4) is 56.7 Å². The summed E-state index contributed by atoms with van der Waals surface area (Å²) in [7, 11) is 0. The Balaban J connectivity index is 1.03. The van der Waals surface area contributed by atoms with Crippen molar-refractivity contribution in [1.82, 2.24) is 34.1 Å². The van der Waals surface area contributed by atoms with E-state index in [-0.39, 0.29) is 21.7 Å². The second-order valence-electron chi connectivity index (χ2n) is 26.5. The number of hydrogen-bond donors (Lipinski definition) is 0. The van der Waals surface area contributed by atoms with E-state index < -0.39 is 0 Å². The van der Waals surface area contributed by atoms with Gasteiger partial charge in [0.05, 0.1) is 11.4 Å². The van der Waals surface area contributed by atoms with Gasteiger partial charge in [0.15, 0.2) is 17.5 Å². The molecule has 0 aliphatic carbocycles. The minimum atomic E-state index is 0.00313. The van der Waals surface area contributed by atoms with Gasteiger partial charge in [-0.3, -0.25) is 9.97 Å². The van der Waals surface area contributed by atoms with Crippen LogP contribution in [0.5, 0.6) is 0 Å². The Labute approximate surface area is 484 Å². The molecule has 0 aliphatic heterocycles. The summed E-state index contributed by atoms with van der Waals surface area (Å²) >= 11 is 0. The zero-order chi connectivity index (χ0) is 57.3. The quantitative estimate of drug-likeness (QED) is 0.129. The fourth-order valence-electron chi connectivity index (χ4n) is 12.0. The van der Waals surface area contributed by atoms with E-state index in [0.29, 0.717) is 30.3 Å². The molecule has 0 spiro atoms. The smallest absolute Gasteiger partial charge is 0.164 e. The topological polar surface area (TPSA) is 74.3 Å². The molecule has 5 aromatic heterocycles. The molecular formula is C75H75N7. The average Bonchev–Trinajstić information content (AvgIpc) is 4.19. The Kier molecular flexibility index (Phi) is 13.7. The summed E-state index contributed by atoms with van der Waals surface area (Å²) in [6.45, 7) is 29.0. The van der Waals surface area contributed by atoms with Crippen molar-refractivity contribution in [2.24, 2.45) is 0 Å². The molecule has 0 N–H and O–H groups in total. The molecule has 0 radical (unpaired) electrons. The molecule has 12 aromatic rings. The SMILES string of the molecule is CC(C)(C)c1ccc2c(c1)c1cc(C(C)(C)C)ccc1n2CCc1c(-c2ccccn2)cccc1-c1nc(-c2ccccc2)nc(-c2cccc(-c3ccccn3)c2CCn2c3ccc(C(C)(C)C)cc3c3cc(C(C)(C)C)ccc32)n1. The maximum atomic E-state index is 5.63. The summed E-state index contributed by atoms with van der Waals surface area (Å²) in [5.74, 6) is 1.84. The summed E-state index contributed by atoms with van der Waals surface area (Å²) in [6, 6.07) is 64.1. The highest BCUT2D eigenvalue weighted by Gasteiger charge is 2.26. The van der Waals surface area contributed by atoms with Gasteiger partial charge in [0.2, 0.25) is 0 Å². The molecule has 0 saturated carbocycles. The van der Waals surface area contributed by atoms with E-state index in [1.165, 1.54) is 65.9 Å². The van der Waals surface area contributed by atoms with Gasteiger partial charge in [0, 0.05) is 96.9 Å². The summed E-state index contributed by atoms with van der Waals surface area (Å²) < 4.78 is 5.05. The fourth-order valence-corrected chi connectivity index (χ4v) is 12.0. The normalized spacial score (nSPS) is 12.6. The highest BCUT2D eigenvalue weighted by atomic mass is 15.0. The van der Waals surface area contributed by atoms with Gasteiger partial charge in [0.25, 0.3) is 0 Å². The molecule has 7 nitrogen and oxygen atoms in total. The van der Waals surface area contributed by atoms with Crippen molar-refractivity contribution in [2.75, 3.05) is 0 Å². The highest BCUT2D eigenvalue weighted by molar-refractivity contribution is 6.10. The fraction of sp³-hybridized carbons (Fsp3) is 0.267.